The topological polar surface area (TPSA) is 35.1 Å². The minimum absolute atomic E-state index is 0.00730. The van der Waals surface area contributed by atoms with Crippen LogP contribution in [-0.2, 0) is 7.05 Å². The fourth-order valence-electron chi connectivity index (χ4n) is 2.20. The van der Waals surface area contributed by atoms with Crippen LogP contribution in [0.2, 0.25) is 5.02 Å². The van der Waals surface area contributed by atoms with Crippen molar-refractivity contribution in [1.29, 1.82) is 0 Å². The van der Waals surface area contributed by atoms with Crippen LogP contribution < -0.4 is 5.76 Å². The van der Waals surface area contributed by atoms with E-state index in [0.29, 0.717) is 22.2 Å². The van der Waals surface area contributed by atoms with Gasteiger partial charge < -0.3 is 4.42 Å². The van der Waals surface area contributed by atoms with Crippen molar-refractivity contribution in [2.24, 2.45) is 7.05 Å². The third-order valence-corrected chi connectivity index (χ3v) is 4.25. The van der Waals surface area contributed by atoms with E-state index in [0.717, 1.165) is 0 Å². The van der Waals surface area contributed by atoms with Gasteiger partial charge in [-0.2, -0.15) is 0 Å². The quantitative estimate of drug-likeness (QED) is 0.660. The van der Waals surface area contributed by atoms with E-state index in [1.54, 1.807) is 37.4 Å². The van der Waals surface area contributed by atoms with Crippen molar-refractivity contribution in [3.05, 3.63) is 68.9 Å². The number of oxazole rings is 1. The average molecular weight is 326 g/mol. The first-order chi connectivity index (χ1) is 9.99. The Morgan fingerprint density at radius 1 is 1.29 bits per heavy atom. The molecule has 3 aromatic rings. The lowest BCUT2D eigenvalue weighted by Crippen LogP contribution is -2.08. The van der Waals surface area contributed by atoms with Crippen molar-refractivity contribution in [2.75, 3.05) is 0 Å². The highest BCUT2D eigenvalue weighted by atomic mass is 35.5. The lowest BCUT2D eigenvalue weighted by atomic mass is 10.0. The van der Waals surface area contributed by atoms with Gasteiger partial charge in [-0.3, -0.25) is 4.57 Å². The summed E-state index contributed by atoms with van der Waals surface area (Å²) >= 11 is 12.3. The molecule has 0 aliphatic heterocycles. The Hall–Kier alpha value is -1.78. The van der Waals surface area contributed by atoms with E-state index in [9.17, 15) is 9.18 Å². The molecule has 3 nitrogen and oxygen atoms in total. The zero-order chi connectivity index (χ0) is 15.1. The molecule has 3 rings (SSSR count). The van der Waals surface area contributed by atoms with Crippen molar-refractivity contribution >= 4 is 34.3 Å². The van der Waals surface area contributed by atoms with Crippen molar-refractivity contribution in [3.63, 3.8) is 0 Å². The Balaban J connectivity index is 2.11. The summed E-state index contributed by atoms with van der Waals surface area (Å²) in [4.78, 5) is 11.5. The largest absolute Gasteiger partial charge is 0.419 e. The Morgan fingerprint density at radius 3 is 2.81 bits per heavy atom. The highest BCUT2D eigenvalue weighted by Gasteiger charge is 2.18. The monoisotopic (exact) mass is 325 g/mol. The molecule has 2 aromatic carbocycles. The molecule has 0 fully saturated rings. The summed E-state index contributed by atoms with van der Waals surface area (Å²) in [5.41, 5.74) is 2.23. The minimum Gasteiger partial charge on any atom is -0.408 e. The molecule has 1 unspecified atom stereocenters. The fourth-order valence-corrected chi connectivity index (χ4v) is 2.81. The summed E-state index contributed by atoms with van der Waals surface area (Å²) in [6.07, 6.45) is 0. The molecular weight excluding hydrogens is 316 g/mol. The predicted octanol–water partition coefficient (Wildman–Crippen LogP) is 4.25. The molecule has 1 aromatic heterocycles. The van der Waals surface area contributed by atoms with Crippen molar-refractivity contribution in [2.45, 2.75) is 5.38 Å². The highest BCUT2D eigenvalue weighted by Crippen LogP contribution is 2.35. The Kier molecular flexibility index (Phi) is 3.51. The van der Waals surface area contributed by atoms with Gasteiger partial charge in [-0.05, 0) is 29.3 Å². The van der Waals surface area contributed by atoms with E-state index in [-0.39, 0.29) is 5.02 Å². The molecule has 1 atom stereocenters. The second-order valence-electron chi connectivity index (χ2n) is 4.66. The van der Waals surface area contributed by atoms with Gasteiger partial charge in [0, 0.05) is 7.05 Å². The van der Waals surface area contributed by atoms with Crippen molar-refractivity contribution in [3.8, 4) is 0 Å². The highest BCUT2D eigenvalue weighted by molar-refractivity contribution is 6.33. The average Bonchev–Trinajstić information content (AvgIpc) is 2.76. The molecule has 1 heterocycles. The number of rotatable bonds is 2. The van der Waals surface area contributed by atoms with E-state index in [4.69, 9.17) is 27.6 Å². The Bertz CT molecular complexity index is 885. The maximum absolute atomic E-state index is 13.5. The van der Waals surface area contributed by atoms with Gasteiger partial charge >= 0.3 is 5.76 Å². The molecule has 0 N–H and O–H groups in total. The van der Waals surface area contributed by atoms with Crippen LogP contribution in [0.15, 0.2) is 45.6 Å². The SMILES string of the molecule is Cn1c(=O)oc2cc(C(Cl)c3cccc(F)c3Cl)ccc21. The van der Waals surface area contributed by atoms with Gasteiger partial charge in [0.05, 0.1) is 15.9 Å². The standard InChI is InChI=1S/C15H10Cl2FNO2/c1-19-11-6-5-8(7-12(11)21-15(19)20)13(16)9-3-2-4-10(18)14(9)17/h2-7,13H,1H3. The van der Waals surface area contributed by atoms with Gasteiger partial charge in [0.1, 0.15) is 5.82 Å². The number of benzene rings is 2. The summed E-state index contributed by atoms with van der Waals surface area (Å²) in [7, 11) is 1.62. The number of aromatic nitrogens is 1. The van der Waals surface area contributed by atoms with Gasteiger partial charge in [0.25, 0.3) is 0 Å². The summed E-state index contributed by atoms with van der Waals surface area (Å²) in [6.45, 7) is 0. The van der Waals surface area contributed by atoms with Gasteiger partial charge in [-0.25, -0.2) is 9.18 Å². The number of hydrogen-bond donors (Lipinski definition) is 0. The molecule has 0 spiro atoms. The maximum atomic E-state index is 13.5. The summed E-state index contributed by atoms with van der Waals surface area (Å²) in [6, 6.07) is 9.64. The van der Waals surface area contributed by atoms with E-state index in [2.05, 4.69) is 0 Å². The molecule has 0 saturated heterocycles. The second kappa shape index (κ2) is 5.20. The molecule has 0 bridgehead atoms. The molecular formula is C15H10Cl2FNO2. The number of nitrogens with zero attached hydrogens (tertiary/aromatic N) is 1. The van der Waals surface area contributed by atoms with Crippen LogP contribution in [0.5, 0.6) is 0 Å². The van der Waals surface area contributed by atoms with E-state index in [1.165, 1.54) is 10.6 Å². The van der Waals surface area contributed by atoms with Crippen molar-refractivity contribution < 1.29 is 8.81 Å². The number of aryl methyl sites for hydroxylation is 1. The normalized spacial score (nSPS) is 12.8. The van der Waals surface area contributed by atoms with Gasteiger partial charge in [-0.1, -0.05) is 29.8 Å². The molecule has 0 aliphatic carbocycles. The Labute approximate surface area is 129 Å². The Morgan fingerprint density at radius 2 is 2.05 bits per heavy atom. The first-order valence-corrected chi connectivity index (χ1v) is 6.98. The molecule has 6 heteroatoms. The molecule has 0 aliphatic rings. The number of halogens is 3. The van der Waals surface area contributed by atoms with Crippen LogP contribution >= 0.6 is 23.2 Å². The van der Waals surface area contributed by atoms with E-state index >= 15 is 0 Å². The van der Waals surface area contributed by atoms with Gasteiger partial charge in [-0.15, -0.1) is 11.6 Å². The van der Waals surface area contributed by atoms with Crippen LogP contribution in [0.1, 0.15) is 16.5 Å². The second-order valence-corrected chi connectivity index (χ2v) is 5.47. The zero-order valence-electron chi connectivity index (χ0n) is 10.9. The van der Waals surface area contributed by atoms with Crippen LogP contribution in [0.4, 0.5) is 4.39 Å². The summed E-state index contributed by atoms with van der Waals surface area (Å²) < 4.78 is 20.0. The summed E-state index contributed by atoms with van der Waals surface area (Å²) in [5, 5.41) is -0.643. The first kappa shape index (κ1) is 14.2. The molecule has 0 amide bonds. The first-order valence-electron chi connectivity index (χ1n) is 6.16. The van der Waals surface area contributed by atoms with Gasteiger partial charge in [0.2, 0.25) is 0 Å². The molecule has 21 heavy (non-hydrogen) atoms. The third-order valence-electron chi connectivity index (χ3n) is 3.36. The zero-order valence-corrected chi connectivity index (χ0v) is 12.5. The predicted molar refractivity (Wildman–Crippen MR) is 80.6 cm³/mol. The number of hydrogen-bond acceptors (Lipinski definition) is 2. The molecule has 0 saturated carbocycles. The van der Waals surface area contributed by atoms with Crippen LogP contribution in [-0.4, -0.2) is 4.57 Å². The smallest absolute Gasteiger partial charge is 0.408 e. The van der Waals surface area contributed by atoms with E-state index in [1.807, 2.05) is 0 Å². The van der Waals surface area contributed by atoms with Crippen LogP contribution in [0.3, 0.4) is 0 Å². The number of alkyl halides is 1. The fraction of sp³-hybridized carbons (Fsp3) is 0.133. The lowest BCUT2D eigenvalue weighted by Gasteiger charge is -2.12. The molecule has 108 valence electrons. The number of fused-ring (bicyclic) bond motifs is 1. The van der Waals surface area contributed by atoms with Crippen LogP contribution in [0.25, 0.3) is 11.1 Å². The van der Waals surface area contributed by atoms with E-state index < -0.39 is 17.0 Å². The van der Waals surface area contributed by atoms with Crippen molar-refractivity contribution in [1.82, 2.24) is 4.57 Å². The summed E-state index contributed by atoms with van der Waals surface area (Å²) in [5.74, 6) is -0.968. The minimum atomic E-state index is -0.636. The van der Waals surface area contributed by atoms with Gasteiger partial charge in [0.15, 0.2) is 5.58 Å². The van der Waals surface area contributed by atoms with Crippen LogP contribution in [0, 0.1) is 5.82 Å². The molecule has 0 radical (unpaired) electrons. The third kappa shape index (κ3) is 2.34. The maximum Gasteiger partial charge on any atom is 0.419 e. The lowest BCUT2D eigenvalue weighted by molar-refractivity contribution is 0.528.